The zero-order valence-corrected chi connectivity index (χ0v) is 12.2. The van der Waals surface area contributed by atoms with Crippen LogP contribution in [0.3, 0.4) is 0 Å². The molecule has 0 aliphatic heterocycles. The van der Waals surface area contributed by atoms with Gasteiger partial charge < -0.3 is 11.1 Å². The molecule has 1 aromatic carbocycles. The first-order valence-electron chi connectivity index (χ1n) is 6.68. The van der Waals surface area contributed by atoms with Gasteiger partial charge >= 0.3 is 0 Å². The van der Waals surface area contributed by atoms with Crippen LogP contribution in [0.5, 0.6) is 0 Å². The number of halogens is 1. The maximum absolute atomic E-state index is 12.0. The number of rotatable bonds is 5. The molecule has 2 rings (SSSR count). The average Bonchev–Trinajstić information content (AvgIpc) is 2.48. The molecule has 20 heavy (non-hydrogen) atoms. The first-order chi connectivity index (χ1) is 9.65. The molecule has 1 atom stereocenters. The summed E-state index contributed by atoms with van der Waals surface area (Å²) in [5.41, 5.74) is 7.05. The topological polar surface area (TPSA) is 68.0 Å². The van der Waals surface area contributed by atoms with Crippen LogP contribution in [0.1, 0.15) is 19.8 Å². The maximum Gasteiger partial charge on any atom is 0.224 e. The summed E-state index contributed by atoms with van der Waals surface area (Å²) in [4.78, 5) is 16.3. The van der Waals surface area contributed by atoms with Crippen LogP contribution in [0.4, 0.5) is 5.69 Å². The van der Waals surface area contributed by atoms with Crippen molar-refractivity contribution >= 4 is 34.1 Å². The monoisotopic (exact) mass is 291 g/mol. The van der Waals surface area contributed by atoms with E-state index in [0.717, 1.165) is 17.5 Å². The number of nitrogens with two attached hydrogens (primary N) is 1. The molecule has 1 aromatic heterocycles. The number of amides is 1. The first-order valence-corrected chi connectivity index (χ1v) is 7.06. The summed E-state index contributed by atoms with van der Waals surface area (Å²) in [5.74, 6) is 0.182. The van der Waals surface area contributed by atoms with E-state index in [2.05, 4.69) is 10.3 Å². The third kappa shape index (κ3) is 3.26. The van der Waals surface area contributed by atoms with Crippen LogP contribution in [-0.2, 0) is 4.79 Å². The molecule has 2 aromatic rings. The van der Waals surface area contributed by atoms with Crippen LogP contribution in [-0.4, -0.2) is 17.4 Å². The van der Waals surface area contributed by atoms with Gasteiger partial charge in [0.1, 0.15) is 0 Å². The standard InChI is InChI=1S/C15H18ClN3O/c1-2-10(9-17)8-14(20)19-13-6-5-12(16)15-11(13)4-3-7-18-15/h3-7,10H,2,8-9,17H2,1H3,(H,19,20). The molecule has 0 aliphatic rings. The first kappa shape index (κ1) is 14.8. The van der Waals surface area contributed by atoms with Crippen molar-refractivity contribution in [2.75, 3.05) is 11.9 Å². The van der Waals surface area contributed by atoms with Crippen LogP contribution >= 0.6 is 11.6 Å². The molecule has 0 fully saturated rings. The molecule has 106 valence electrons. The summed E-state index contributed by atoms with van der Waals surface area (Å²) in [6, 6.07) is 7.26. The summed E-state index contributed by atoms with van der Waals surface area (Å²) >= 11 is 6.10. The number of nitrogens with one attached hydrogen (secondary N) is 1. The lowest BCUT2D eigenvalue weighted by molar-refractivity contribution is -0.117. The molecule has 0 aliphatic carbocycles. The molecular weight excluding hydrogens is 274 g/mol. The Bertz CT molecular complexity index is 611. The number of pyridine rings is 1. The number of aromatic nitrogens is 1. The maximum atomic E-state index is 12.0. The molecule has 4 nitrogen and oxygen atoms in total. The minimum absolute atomic E-state index is 0.0326. The van der Waals surface area contributed by atoms with Gasteiger partial charge in [-0.2, -0.15) is 0 Å². The van der Waals surface area contributed by atoms with E-state index in [1.54, 1.807) is 18.3 Å². The number of anilines is 1. The normalized spacial score (nSPS) is 12.3. The predicted molar refractivity (Wildman–Crippen MR) is 82.8 cm³/mol. The largest absolute Gasteiger partial charge is 0.330 e. The lowest BCUT2D eigenvalue weighted by Gasteiger charge is -2.13. The van der Waals surface area contributed by atoms with Gasteiger partial charge in [0.25, 0.3) is 0 Å². The van der Waals surface area contributed by atoms with E-state index in [9.17, 15) is 4.79 Å². The van der Waals surface area contributed by atoms with Crippen LogP contribution in [0.25, 0.3) is 10.9 Å². The molecule has 1 heterocycles. The fourth-order valence-corrected chi connectivity index (χ4v) is 2.32. The molecule has 1 amide bonds. The summed E-state index contributed by atoms with van der Waals surface area (Å²) in [6.45, 7) is 2.55. The third-order valence-corrected chi connectivity index (χ3v) is 3.68. The summed E-state index contributed by atoms with van der Waals surface area (Å²) in [7, 11) is 0. The Balaban J connectivity index is 2.22. The van der Waals surface area contributed by atoms with Gasteiger partial charge in [0.15, 0.2) is 0 Å². The van der Waals surface area contributed by atoms with Crippen molar-refractivity contribution in [1.82, 2.24) is 4.98 Å². The highest BCUT2D eigenvalue weighted by atomic mass is 35.5. The second-order valence-corrected chi connectivity index (χ2v) is 5.16. The van der Waals surface area contributed by atoms with Crippen molar-refractivity contribution in [3.63, 3.8) is 0 Å². The molecule has 3 N–H and O–H groups in total. The van der Waals surface area contributed by atoms with E-state index in [-0.39, 0.29) is 11.8 Å². The van der Waals surface area contributed by atoms with Gasteiger partial charge in [-0.05, 0) is 36.7 Å². The number of benzene rings is 1. The molecule has 1 unspecified atom stereocenters. The Kier molecular flexibility index (Phi) is 4.93. The van der Waals surface area contributed by atoms with E-state index >= 15 is 0 Å². The van der Waals surface area contributed by atoms with Crippen molar-refractivity contribution in [3.05, 3.63) is 35.5 Å². The number of hydrogen-bond donors (Lipinski definition) is 2. The van der Waals surface area contributed by atoms with E-state index in [1.165, 1.54) is 0 Å². The summed E-state index contributed by atoms with van der Waals surface area (Å²) < 4.78 is 0. The zero-order chi connectivity index (χ0) is 14.5. The molecule has 0 bridgehead atoms. The van der Waals surface area contributed by atoms with Crippen molar-refractivity contribution in [3.8, 4) is 0 Å². The Morgan fingerprint density at radius 1 is 1.45 bits per heavy atom. The van der Waals surface area contributed by atoms with Crippen molar-refractivity contribution < 1.29 is 4.79 Å². The minimum atomic E-state index is -0.0326. The Labute approximate surface area is 123 Å². The molecule has 5 heteroatoms. The summed E-state index contributed by atoms with van der Waals surface area (Å²) in [5, 5.41) is 4.34. The van der Waals surface area contributed by atoms with Gasteiger partial charge in [0.05, 0.1) is 16.2 Å². The van der Waals surface area contributed by atoms with Crippen LogP contribution in [0.2, 0.25) is 5.02 Å². The van der Waals surface area contributed by atoms with Gasteiger partial charge in [-0.1, -0.05) is 24.9 Å². The second-order valence-electron chi connectivity index (χ2n) is 4.76. The Hall–Kier alpha value is -1.65. The van der Waals surface area contributed by atoms with Crippen molar-refractivity contribution in [2.45, 2.75) is 19.8 Å². The Morgan fingerprint density at radius 2 is 2.25 bits per heavy atom. The van der Waals surface area contributed by atoms with Crippen LogP contribution < -0.4 is 11.1 Å². The van der Waals surface area contributed by atoms with Crippen molar-refractivity contribution in [2.24, 2.45) is 11.7 Å². The third-order valence-electron chi connectivity index (χ3n) is 3.38. The number of nitrogens with zero attached hydrogens (tertiary/aromatic N) is 1. The van der Waals surface area contributed by atoms with E-state index in [0.29, 0.717) is 23.5 Å². The number of carbonyl (C=O) groups is 1. The van der Waals surface area contributed by atoms with Gasteiger partial charge in [-0.25, -0.2) is 0 Å². The Morgan fingerprint density at radius 3 is 2.95 bits per heavy atom. The fourth-order valence-electron chi connectivity index (χ4n) is 2.10. The van der Waals surface area contributed by atoms with Crippen LogP contribution in [0.15, 0.2) is 30.5 Å². The molecule has 0 saturated carbocycles. The lowest BCUT2D eigenvalue weighted by Crippen LogP contribution is -2.21. The van der Waals surface area contributed by atoms with Crippen LogP contribution in [0, 0.1) is 5.92 Å². The highest BCUT2D eigenvalue weighted by Crippen LogP contribution is 2.28. The number of fused-ring (bicyclic) bond motifs is 1. The van der Waals surface area contributed by atoms with Crippen molar-refractivity contribution in [1.29, 1.82) is 0 Å². The highest BCUT2D eigenvalue weighted by Gasteiger charge is 2.12. The quantitative estimate of drug-likeness (QED) is 0.889. The average molecular weight is 292 g/mol. The van der Waals surface area contributed by atoms with E-state index < -0.39 is 0 Å². The zero-order valence-electron chi connectivity index (χ0n) is 11.4. The molecular formula is C15H18ClN3O. The predicted octanol–water partition coefficient (Wildman–Crippen LogP) is 3.20. The highest BCUT2D eigenvalue weighted by molar-refractivity contribution is 6.35. The fraction of sp³-hybridized carbons (Fsp3) is 0.333. The van der Waals surface area contributed by atoms with Gasteiger partial charge in [-0.15, -0.1) is 0 Å². The minimum Gasteiger partial charge on any atom is -0.330 e. The SMILES string of the molecule is CCC(CN)CC(=O)Nc1ccc(Cl)c2ncccc12. The van der Waals surface area contributed by atoms with Gasteiger partial charge in [-0.3, -0.25) is 9.78 Å². The molecule has 0 radical (unpaired) electrons. The lowest BCUT2D eigenvalue weighted by atomic mass is 10.0. The molecule has 0 saturated heterocycles. The molecule has 0 spiro atoms. The van der Waals surface area contributed by atoms with Gasteiger partial charge in [0.2, 0.25) is 5.91 Å². The van der Waals surface area contributed by atoms with Gasteiger partial charge in [0, 0.05) is 18.0 Å². The smallest absolute Gasteiger partial charge is 0.224 e. The number of hydrogen-bond acceptors (Lipinski definition) is 3. The summed E-state index contributed by atoms with van der Waals surface area (Å²) in [6.07, 6.45) is 3.01. The van der Waals surface area contributed by atoms with E-state index in [4.69, 9.17) is 17.3 Å². The van der Waals surface area contributed by atoms with E-state index in [1.807, 2.05) is 19.1 Å². The second kappa shape index (κ2) is 6.68. The number of carbonyl (C=O) groups excluding carboxylic acids is 1.